The summed E-state index contributed by atoms with van der Waals surface area (Å²) >= 11 is 0. The van der Waals surface area contributed by atoms with Gasteiger partial charge in [-0.15, -0.1) is 0 Å². The molecule has 20 heavy (non-hydrogen) atoms. The summed E-state index contributed by atoms with van der Waals surface area (Å²) in [5.74, 6) is 0.648. The number of aromatic nitrogens is 2. The molecule has 2 rings (SSSR count). The maximum atomic E-state index is 11.4. The van der Waals surface area contributed by atoms with Crippen molar-refractivity contribution >= 4 is 28.9 Å². The van der Waals surface area contributed by atoms with Crippen LogP contribution in [0, 0.1) is 6.92 Å². The fraction of sp³-hybridized carbons (Fsp3) is 0.0714. The highest BCUT2D eigenvalue weighted by molar-refractivity contribution is 6.01. The molecular formula is C14H15N5O. The van der Waals surface area contributed by atoms with Crippen LogP contribution >= 0.6 is 0 Å². The molecule has 0 saturated heterocycles. The average Bonchev–Trinajstić information content (AvgIpc) is 2.42. The third-order valence-electron chi connectivity index (χ3n) is 2.66. The van der Waals surface area contributed by atoms with Gasteiger partial charge in [-0.1, -0.05) is 18.7 Å². The number of hydrogen-bond donors (Lipinski definition) is 3. The highest BCUT2D eigenvalue weighted by Crippen LogP contribution is 2.28. The molecule has 0 fully saturated rings. The highest BCUT2D eigenvalue weighted by Gasteiger charge is 2.08. The Labute approximate surface area is 116 Å². The topological polar surface area (TPSA) is 92.9 Å². The molecule has 0 aliphatic rings. The van der Waals surface area contributed by atoms with Gasteiger partial charge in [0, 0.05) is 6.07 Å². The Morgan fingerprint density at radius 3 is 2.90 bits per heavy atom. The van der Waals surface area contributed by atoms with E-state index in [4.69, 9.17) is 5.73 Å². The Hall–Kier alpha value is -2.89. The lowest BCUT2D eigenvalue weighted by atomic mass is 10.1. The molecule has 1 heterocycles. The van der Waals surface area contributed by atoms with Crippen LogP contribution in [-0.4, -0.2) is 15.9 Å². The number of nitrogens with two attached hydrogens (primary N) is 1. The van der Waals surface area contributed by atoms with Crippen molar-refractivity contribution in [2.24, 2.45) is 0 Å². The van der Waals surface area contributed by atoms with Crippen molar-refractivity contribution in [3.05, 3.63) is 48.8 Å². The number of rotatable bonds is 4. The molecule has 0 spiro atoms. The number of benzene rings is 1. The lowest BCUT2D eigenvalue weighted by Gasteiger charge is -2.14. The van der Waals surface area contributed by atoms with E-state index in [1.54, 1.807) is 12.1 Å². The van der Waals surface area contributed by atoms with E-state index in [1.165, 1.54) is 12.4 Å². The second-order valence-corrected chi connectivity index (χ2v) is 4.14. The van der Waals surface area contributed by atoms with Crippen LogP contribution in [0.2, 0.25) is 0 Å². The van der Waals surface area contributed by atoms with Gasteiger partial charge in [0.15, 0.2) is 0 Å². The van der Waals surface area contributed by atoms with E-state index in [1.807, 2.05) is 19.1 Å². The lowest BCUT2D eigenvalue weighted by Crippen LogP contribution is -2.10. The van der Waals surface area contributed by atoms with Gasteiger partial charge < -0.3 is 16.4 Å². The van der Waals surface area contributed by atoms with E-state index in [9.17, 15) is 4.79 Å². The number of nitrogens with zero attached hydrogens (tertiary/aromatic N) is 2. The van der Waals surface area contributed by atoms with Gasteiger partial charge in [-0.3, -0.25) is 4.79 Å². The second kappa shape index (κ2) is 5.83. The smallest absolute Gasteiger partial charge is 0.247 e. The molecule has 0 bridgehead atoms. The quantitative estimate of drug-likeness (QED) is 0.740. The summed E-state index contributed by atoms with van der Waals surface area (Å²) in [6, 6.07) is 7.19. The van der Waals surface area contributed by atoms with Crippen LogP contribution in [0.15, 0.2) is 43.2 Å². The van der Waals surface area contributed by atoms with Crippen molar-refractivity contribution in [1.82, 2.24) is 9.97 Å². The van der Waals surface area contributed by atoms with Crippen molar-refractivity contribution in [3.8, 4) is 0 Å². The molecule has 1 aromatic carbocycles. The van der Waals surface area contributed by atoms with Crippen molar-refractivity contribution in [2.45, 2.75) is 6.92 Å². The zero-order chi connectivity index (χ0) is 14.5. The van der Waals surface area contributed by atoms with Crippen molar-refractivity contribution < 1.29 is 4.79 Å². The molecule has 6 nitrogen and oxygen atoms in total. The minimum atomic E-state index is -0.277. The summed E-state index contributed by atoms with van der Waals surface area (Å²) in [7, 11) is 0. The molecule has 1 amide bonds. The Kier molecular flexibility index (Phi) is 3.95. The average molecular weight is 269 g/mol. The van der Waals surface area contributed by atoms with Gasteiger partial charge in [0.1, 0.15) is 18.0 Å². The van der Waals surface area contributed by atoms with E-state index < -0.39 is 0 Å². The number of anilines is 4. The molecule has 0 saturated carbocycles. The number of hydrogen-bond acceptors (Lipinski definition) is 5. The molecule has 6 heteroatoms. The molecule has 0 aliphatic carbocycles. The van der Waals surface area contributed by atoms with Crippen molar-refractivity contribution in [1.29, 1.82) is 0 Å². The highest BCUT2D eigenvalue weighted by atomic mass is 16.1. The normalized spacial score (nSPS) is 9.85. The first kappa shape index (κ1) is 13.5. The fourth-order valence-electron chi connectivity index (χ4n) is 1.69. The van der Waals surface area contributed by atoms with Crippen LogP contribution in [0.25, 0.3) is 0 Å². The van der Waals surface area contributed by atoms with Gasteiger partial charge in [-0.05, 0) is 24.6 Å². The zero-order valence-electron chi connectivity index (χ0n) is 11.1. The molecule has 4 N–H and O–H groups in total. The lowest BCUT2D eigenvalue weighted by molar-refractivity contribution is -0.111. The second-order valence-electron chi connectivity index (χ2n) is 4.14. The summed E-state index contributed by atoms with van der Waals surface area (Å²) in [5.41, 5.74) is 7.97. The number of para-hydroxylation sites is 1. The molecule has 0 radical (unpaired) electrons. The van der Waals surface area contributed by atoms with Crippen molar-refractivity contribution in [2.75, 3.05) is 16.4 Å². The molecule has 0 unspecified atom stereocenters. The Bertz CT molecular complexity index is 654. The predicted molar refractivity (Wildman–Crippen MR) is 79.7 cm³/mol. The Morgan fingerprint density at radius 2 is 2.20 bits per heavy atom. The van der Waals surface area contributed by atoms with E-state index in [2.05, 4.69) is 27.2 Å². The van der Waals surface area contributed by atoms with Crippen molar-refractivity contribution in [3.63, 3.8) is 0 Å². The maximum Gasteiger partial charge on any atom is 0.247 e. The fourth-order valence-corrected chi connectivity index (χ4v) is 1.69. The summed E-state index contributed by atoms with van der Waals surface area (Å²) in [6.45, 7) is 5.36. The summed E-state index contributed by atoms with van der Waals surface area (Å²) in [5, 5.41) is 5.87. The molecule has 1 aromatic heterocycles. The standard InChI is InChI=1S/C14H15N5O/c1-3-13(20)18-10-6-4-5-9(2)14(10)19-12-7-11(15)16-8-17-12/h3-8H,1H2,2H3,(H,18,20)(H3,15,16,17,19). The molecule has 2 aromatic rings. The number of carbonyl (C=O) groups is 1. The van der Waals surface area contributed by atoms with Gasteiger partial charge in [0.2, 0.25) is 5.91 Å². The van der Waals surface area contributed by atoms with Gasteiger partial charge in [-0.25, -0.2) is 9.97 Å². The summed E-state index contributed by atoms with van der Waals surface area (Å²) in [6.07, 6.45) is 2.59. The number of amides is 1. The van der Waals surface area contributed by atoms with E-state index in [0.29, 0.717) is 17.3 Å². The maximum absolute atomic E-state index is 11.4. The van der Waals surface area contributed by atoms with Crippen LogP contribution in [0.4, 0.5) is 23.0 Å². The molecule has 0 aliphatic heterocycles. The third kappa shape index (κ3) is 3.11. The van der Waals surface area contributed by atoms with Crippen LogP contribution in [0.5, 0.6) is 0 Å². The molecule has 102 valence electrons. The van der Waals surface area contributed by atoms with Crippen LogP contribution in [0.3, 0.4) is 0 Å². The van der Waals surface area contributed by atoms with Gasteiger partial charge in [-0.2, -0.15) is 0 Å². The summed E-state index contributed by atoms with van der Waals surface area (Å²) in [4.78, 5) is 19.4. The minimum absolute atomic E-state index is 0.277. The van der Waals surface area contributed by atoms with Crippen LogP contribution < -0.4 is 16.4 Å². The van der Waals surface area contributed by atoms with Crippen LogP contribution in [-0.2, 0) is 4.79 Å². The Morgan fingerprint density at radius 1 is 1.40 bits per heavy atom. The van der Waals surface area contributed by atoms with E-state index in [-0.39, 0.29) is 5.91 Å². The van der Waals surface area contributed by atoms with E-state index >= 15 is 0 Å². The number of aryl methyl sites for hydroxylation is 1. The van der Waals surface area contributed by atoms with E-state index in [0.717, 1.165) is 11.3 Å². The zero-order valence-corrected chi connectivity index (χ0v) is 11.1. The van der Waals surface area contributed by atoms with Gasteiger partial charge >= 0.3 is 0 Å². The SMILES string of the molecule is C=CC(=O)Nc1cccc(C)c1Nc1cc(N)ncn1. The Balaban J connectivity index is 2.34. The predicted octanol–water partition coefficient (Wildman–Crippen LogP) is 2.24. The number of nitrogens with one attached hydrogen (secondary N) is 2. The van der Waals surface area contributed by atoms with Gasteiger partial charge in [0.25, 0.3) is 0 Å². The third-order valence-corrected chi connectivity index (χ3v) is 2.66. The first-order chi connectivity index (χ1) is 9.60. The summed E-state index contributed by atoms with van der Waals surface area (Å²) < 4.78 is 0. The molecular weight excluding hydrogens is 254 g/mol. The minimum Gasteiger partial charge on any atom is -0.384 e. The molecule has 0 atom stereocenters. The van der Waals surface area contributed by atoms with Gasteiger partial charge in [0.05, 0.1) is 11.4 Å². The largest absolute Gasteiger partial charge is 0.384 e. The monoisotopic (exact) mass is 269 g/mol. The first-order valence-electron chi connectivity index (χ1n) is 5.97. The van der Waals surface area contributed by atoms with Crippen LogP contribution in [0.1, 0.15) is 5.56 Å². The first-order valence-corrected chi connectivity index (χ1v) is 5.97. The number of carbonyl (C=O) groups excluding carboxylic acids is 1. The number of nitrogen functional groups attached to an aromatic ring is 1.